The molecule has 3 nitrogen and oxygen atoms in total. The molecule has 0 aliphatic rings. The summed E-state index contributed by atoms with van der Waals surface area (Å²) < 4.78 is 8.76. The molecular weight excluding hydrogens is 368 g/mol. The van der Waals surface area contributed by atoms with Gasteiger partial charge in [0.05, 0.1) is 10.4 Å². The topological polar surface area (TPSA) is 52.0 Å². The smallest absolute Gasteiger partial charge is 0.230 e. The summed E-state index contributed by atoms with van der Waals surface area (Å²) >= 11 is 6.92. The number of fused-ring (bicyclic) bond motifs is 1. The highest BCUT2D eigenvalue weighted by Gasteiger charge is 2.19. The van der Waals surface area contributed by atoms with Gasteiger partial charge < -0.3 is 10.3 Å². The molecule has 0 spiro atoms. The fraction of sp³-hybridized carbons (Fsp3) is 0. The Hall–Kier alpha value is -1.63. The fourth-order valence-electron chi connectivity index (χ4n) is 2.28. The second-order valence-electron chi connectivity index (χ2n) is 4.54. The fourth-order valence-corrected chi connectivity index (χ4v) is 4.77. The van der Waals surface area contributed by atoms with E-state index in [0.717, 1.165) is 26.2 Å². The van der Waals surface area contributed by atoms with Crippen molar-refractivity contribution < 1.29 is 4.52 Å². The average molecular weight is 377 g/mol. The van der Waals surface area contributed by atoms with Gasteiger partial charge in [-0.2, -0.15) is 0 Å². The number of nitrogens with zero attached hydrogens (tertiary/aromatic N) is 1. The Morgan fingerprint density at radius 3 is 2.86 bits per heavy atom. The van der Waals surface area contributed by atoms with Crippen LogP contribution in [0.4, 0.5) is 5.88 Å². The number of rotatable bonds is 2. The molecule has 0 aliphatic heterocycles. The number of anilines is 1. The largest absolute Gasteiger partial charge is 0.367 e. The molecule has 21 heavy (non-hydrogen) atoms. The van der Waals surface area contributed by atoms with Gasteiger partial charge in [0.25, 0.3) is 0 Å². The van der Waals surface area contributed by atoms with E-state index in [0.29, 0.717) is 5.88 Å². The zero-order valence-electron chi connectivity index (χ0n) is 10.7. The molecule has 0 fully saturated rings. The van der Waals surface area contributed by atoms with Gasteiger partial charge in [-0.25, -0.2) is 0 Å². The molecule has 104 valence electrons. The molecule has 4 aromatic rings. The van der Waals surface area contributed by atoms with Gasteiger partial charge in [0.1, 0.15) is 5.69 Å². The third-order valence-electron chi connectivity index (χ3n) is 3.20. The summed E-state index contributed by atoms with van der Waals surface area (Å²) in [7, 11) is 0. The van der Waals surface area contributed by atoms with E-state index in [1.54, 1.807) is 22.7 Å². The van der Waals surface area contributed by atoms with Crippen molar-refractivity contribution in [1.82, 2.24) is 5.16 Å². The molecule has 1 aromatic carbocycles. The third-order valence-corrected chi connectivity index (χ3v) is 5.80. The van der Waals surface area contributed by atoms with E-state index >= 15 is 0 Å². The van der Waals surface area contributed by atoms with Crippen LogP contribution in [0, 0.1) is 0 Å². The quantitative estimate of drug-likeness (QED) is 0.493. The van der Waals surface area contributed by atoms with Crippen molar-refractivity contribution in [2.24, 2.45) is 0 Å². The molecule has 3 heterocycles. The van der Waals surface area contributed by atoms with Crippen molar-refractivity contribution in [3.05, 3.63) is 46.3 Å². The molecule has 2 N–H and O–H groups in total. The van der Waals surface area contributed by atoms with Crippen LogP contribution in [0.3, 0.4) is 0 Å². The number of halogens is 1. The second-order valence-corrected chi connectivity index (χ2v) is 7.49. The van der Waals surface area contributed by atoms with E-state index in [4.69, 9.17) is 10.3 Å². The van der Waals surface area contributed by atoms with E-state index in [-0.39, 0.29) is 0 Å². The molecule has 0 aliphatic carbocycles. The molecule has 0 unspecified atom stereocenters. The number of nitrogen functional groups attached to an aromatic ring is 1. The van der Waals surface area contributed by atoms with Gasteiger partial charge in [0.2, 0.25) is 5.88 Å². The first-order valence-electron chi connectivity index (χ1n) is 6.21. The van der Waals surface area contributed by atoms with Gasteiger partial charge in [-0.05, 0) is 35.2 Å². The Bertz CT molecular complexity index is 910. The van der Waals surface area contributed by atoms with Gasteiger partial charge in [-0.1, -0.05) is 33.2 Å². The van der Waals surface area contributed by atoms with Gasteiger partial charge in [-0.3, -0.25) is 0 Å². The summed E-state index contributed by atoms with van der Waals surface area (Å²) in [5, 5.41) is 6.26. The third kappa shape index (κ3) is 2.19. The maximum absolute atomic E-state index is 5.99. The van der Waals surface area contributed by atoms with Crippen LogP contribution in [0.5, 0.6) is 0 Å². The van der Waals surface area contributed by atoms with E-state index in [2.05, 4.69) is 38.6 Å². The van der Waals surface area contributed by atoms with Gasteiger partial charge in [0.15, 0.2) is 0 Å². The monoisotopic (exact) mass is 376 g/mol. The van der Waals surface area contributed by atoms with Crippen molar-refractivity contribution in [2.45, 2.75) is 0 Å². The molecule has 6 heteroatoms. The molecule has 3 aromatic heterocycles. The van der Waals surface area contributed by atoms with Crippen molar-refractivity contribution >= 4 is 53.9 Å². The minimum absolute atomic E-state index is 0.347. The van der Waals surface area contributed by atoms with Gasteiger partial charge in [0, 0.05) is 13.9 Å². The second kappa shape index (κ2) is 4.98. The summed E-state index contributed by atoms with van der Waals surface area (Å²) in [6.45, 7) is 0. The van der Waals surface area contributed by atoms with E-state index in [1.165, 1.54) is 9.40 Å². The van der Waals surface area contributed by atoms with Crippen LogP contribution in [0.25, 0.3) is 31.1 Å². The summed E-state index contributed by atoms with van der Waals surface area (Å²) in [5.41, 5.74) is 8.65. The predicted molar refractivity (Wildman–Crippen MR) is 92.7 cm³/mol. The van der Waals surface area contributed by atoms with Crippen LogP contribution in [-0.4, -0.2) is 5.16 Å². The minimum atomic E-state index is 0.347. The van der Waals surface area contributed by atoms with Crippen LogP contribution in [0.1, 0.15) is 0 Å². The molecule has 0 atom stereocenters. The molecule has 0 amide bonds. The Morgan fingerprint density at radius 2 is 2.05 bits per heavy atom. The lowest BCUT2D eigenvalue weighted by atomic mass is 10.1. The van der Waals surface area contributed by atoms with E-state index in [1.807, 2.05) is 24.3 Å². The van der Waals surface area contributed by atoms with Gasteiger partial charge in [-0.15, -0.1) is 22.7 Å². The standard InChI is InChI=1S/C15H9BrN2OS2/c16-9-3-1-2-8(6-9)13-14(18-19-15(13)17)12-7-11-10(21-12)4-5-20-11/h1-7H,17H2. The number of benzene rings is 1. The maximum atomic E-state index is 5.99. The van der Waals surface area contributed by atoms with Crippen molar-refractivity contribution in [3.63, 3.8) is 0 Å². The van der Waals surface area contributed by atoms with Crippen molar-refractivity contribution in [3.8, 4) is 21.7 Å². The molecule has 0 bridgehead atoms. The lowest BCUT2D eigenvalue weighted by Crippen LogP contribution is -1.86. The normalized spacial score (nSPS) is 11.3. The Labute approximate surface area is 137 Å². The summed E-state index contributed by atoms with van der Waals surface area (Å²) in [4.78, 5) is 1.08. The Balaban J connectivity index is 1.92. The minimum Gasteiger partial charge on any atom is -0.367 e. The summed E-state index contributed by atoms with van der Waals surface area (Å²) in [5.74, 6) is 0.347. The number of thiophene rings is 2. The Morgan fingerprint density at radius 1 is 1.14 bits per heavy atom. The van der Waals surface area contributed by atoms with Crippen molar-refractivity contribution in [2.75, 3.05) is 5.73 Å². The first kappa shape index (κ1) is 13.1. The molecular formula is C15H9BrN2OS2. The number of aromatic nitrogens is 1. The lowest BCUT2D eigenvalue weighted by Gasteiger charge is -2.01. The highest BCUT2D eigenvalue weighted by molar-refractivity contribution is 9.10. The first-order chi connectivity index (χ1) is 10.2. The molecule has 0 radical (unpaired) electrons. The highest BCUT2D eigenvalue weighted by Crippen LogP contribution is 2.42. The zero-order chi connectivity index (χ0) is 14.4. The van der Waals surface area contributed by atoms with Crippen LogP contribution in [0.15, 0.2) is 50.8 Å². The van der Waals surface area contributed by atoms with Crippen LogP contribution < -0.4 is 5.73 Å². The predicted octanol–water partition coefficient (Wildman–Crippen LogP) is 5.63. The SMILES string of the molecule is Nc1onc(-c2cc3sccc3s2)c1-c1cccc(Br)c1. The average Bonchev–Trinajstić information content (AvgIpc) is 3.11. The molecule has 4 rings (SSSR count). The van der Waals surface area contributed by atoms with Crippen molar-refractivity contribution in [1.29, 1.82) is 0 Å². The molecule has 0 saturated carbocycles. The van der Waals surface area contributed by atoms with Crippen LogP contribution in [0.2, 0.25) is 0 Å². The maximum Gasteiger partial charge on any atom is 0.230 e. The highest BCUT2D eigenvalue weighted by atomic mass is 79.9. The number of hydrogen-bond donors (Lipinski definition) is 1. The molecule has 0 saturated heterocycles. The van der Waals surface area contributed by atoms with E-state index < -0.39 is 0 Å². The number of nitrogens with two attached hydrogens (primary N) is 1. The lowest BCUT2D eigenvalue weighted by molar-refractivity contribution is 0.439. The summed E-state index contributed by atoms with van der Waals surface area (Å²) in [6, 6.07) is 12.2. The zero-order valence-corrected chi connectivity index (χ0v) is 13.9. The van der Waals surface area contributed by atoms with Crippen LogP contribution in [-0.2, 0) is 0 Å². The van der Waals surface area contributed by atoms with Crippen LogP contribution >= 0.6 is 38.6 Å². The Kier molecular flexibility index (Phi) is 3.10. The number of hydrogen-bond acceptors (Lipinski definition) is 5. The van der Waals surface area contributed by atoms with Gasteiger partial charge >= 0.3 is 0 Å². The van der Waals surface area contributed by atoms with E-state index in [9.17, 15) is 0 Å². The first-order valence-corrected chi connectivity index (χ1v) is 8.70. The summed E-state index contributed by atoms with van der Waals surface area (Å²) in [6.07, 6.45) is 0.